The first-order valence-corrected chi connectivity index (χ1v) is 12.3. The van der Waals surface area contributed by atoms with Gasteiger partial charge >= 0.3 is 0 Å². The van der Waals surface area contributed by atoms with Crippen molar-refractivity contribution in [3.63, 3.8) is 0 Å². The molecule has 1 aliphatic rings. The van der Waals surface area contributed by atoms with Crippen LogP contribution in [0.5, 0.6) is 0 Å². The molecule has 4 rings (SSSR count). The highest BCUT2D eigenvalue weighted by atomic mass is 32.2. The lowest BCUT2D eigenvalue weighted by molar-refractivity contribution is -0.384. The van der Waals surface area contributed by atoms with Crippen LogP contribution in [0.3, 0.4) is 0 Å². The quantitative estimate of drug-likeness (QED) is 0.406. The molecule has 1 aromatic heterocycles. The highest BCUT2D eigenvalue weighted by molar-refractivity contribution is 7.89. The number of benzene rings is 2. The third-order valence-electron chi connectivity index (χ3n) is 5.88. The molecule has 1 amide bonds. The van der Waals surface area contributed by atoms with E-state index in [0.29, 0.717) is 25.1 Å². The number of carbonyl (C=O) groups excluding carboxylic acids is 1. The second kappa shape index (κ2) is 9.74. The molecule has 11 heteroatoms. The fourth-order valence-corrected chi connectivity index (χ4v) is 5.36. The van der Waals surface area contributed by atoms with Crippen LogP contribution in [0.15, 0.2) is 65.8 Å². The van der Waals surface area contributed by atoms with E-state index in [4.69, 9.17) is 0 Å². The van der Waals surface area contributed by atoms with Crippen LogP contribution in [0, 0.1) is 23.0 Å². The predicted molar refractivity (Wildman–Crippen MR) is 126 cm³/mol. The van der Waals surface area contributed by atoms with E-state index in [0.717, 1.165) is 5.56 Å². The van der Waals surface area contributed by atoms with Gasteiger partial charge in [0.25, 0.3) is 5.69 Å². The van der Waals surface area contributed by atoms with Crippen molar-refractivity contribution in [2.75, 3.05) is 18.4 Å². The normalized spacial score (nSPS) is 15.2. The van der Waals surface area contributed by atoms with Crippen molar-refractivity contribution in [3.05, 3.63) is 82.2 Å². The lowest BCUT2D eigenvalue weighted by Crippen LogP contribution is -2.41. The minimum Gasteiger partial charge on any atom is -0.323 e. The number of non-ortho nitro benzene ring substituents is 1. The number of hydrogen-bond acceptors (Lipinski definition) is 6. The van der Waals surface area contributed by atoms with Crippen molar-refractivity contribution in [2.24, 2.45) is 5.92 Å². The van der Waals surface area contributed by atoms with Crippen LogP contribution in [0.25, 0.3) is 0 Å². The lowest BCUT2D eigenvalue weighted by Gasteiger charge is -2.30. The SMILES string of the molecule is Cc1ccc(Cn2cc(NC(=O)C3CCN(S(=O)(=O)c4ccc([N+](=O)[O-])cc4)CC3)cn2)cc1. The molecule has 34 heavy (non-hydrogen) atoms. The Kier molecular flexibility index (Phi) is 6.75. The van der Waals surface area contributed by atoms with Crippen LogP contribution >= 0.6 is 0 Å². The van der Waals surface area contributed by atoms with Gasteiger partial charge in [0.2, 0.25) is 15.9 Å². The fraction of sp³-hybridized carbons (Fsp3) is 0.304. The van der Waals surface area contributed by atoms with Crippen LogP contribution in [-0.2, 0) is 21.4 Å². The summed E-state index contributed by atoms with van der Waals surface area (Å²) < 4.78 is 28.8. The Bertz CT molecular complexity index is 1280. The van der Waals surface area contributed by atoms with E-state index in [1.54, 1.807) is 17.1 Å². The number of hydrogen-bond donors (Lipinski definition) is 1. The molecule has 0 saturated carbocycles. The summed E-state index contributed by atoms with van der Waals surface area (Å²) in [6.45, 7) is 3.02. The molecule has 3 aromatic rings. The number of carbonyl (C=O) groups is 1. The Hall–Kier alpha value is -3.57. The van der Waals surface area contributed by atoms with Crippen molar-refractivity contribution < 1.29 is 18.1 Å². The molecule has 0 atom stereocenters. The average Bonchev–Trinajstić information content (AvgIpc) is 3.27. The van der Waals surface area contributed by atoms with Crippen LogP contribution in [-0.4, -0.2) is 46.4 Å². The molecule has 0 radical (unpaired) electrons. The number of nitrogens with one attached hydrogen (secondary N) is 1. The summed E-state index contributed by atoms with van der Waals surface area (Å²) in [6.07, 6.45) is 4.14. The number of amides is 1. The number of anilines is 1. The second-order valence-electron chi connectivity index (χ2n) is 8.33. The number of nitrogens with zero attached hydrogens (tertiary/aromatic N) is 4. The molecule has 0 spiro atoms. The van der Waals surface area contributed by atoms with Gasteiger partial charge in [0.05, 0.1) is 28.2 Å². The van der Waals surface area contributed by atoms with E-state index < -0.39 is 14.9 Å². The number of rotatable bonds is 7. The molecule has 10 nitrogen and oxygen atoms in total. The van der Waals surface area contributed by atoms with Crippen molar-refractivity contribution >= 4 is 27.3 Å². The number of aryl methyl sites for hydroxylation is 1. The largest absolute Gasteiger partial charge is 0.323 e. The Balaban J connectivity index is 1.31. The number of nitro benzene ring substituents is 1. The van der Waals surface area contributed by atoms with Crippen molar-refractivity contribution in [3.8, 4) is 0 Å². The molecule has 1 fully saturated rings. The Morgan fingerprint density at radius 1 is 1.12 bits per heavy atom. The van der Waals surface area contributed by atoms with Gasteiger partial charge < -0.3 is 5.32 Å². The van der Waals surface area contributed by atoms with E-state index in [1.807, 2.05) is 31.2 Å². The smallest absolute Gasteiger partial charge is 0.269 e. The van der Waals surface area contributed by atoms with Crippen LogP contribution in [0.4, 0.5) is 11.4 Å². The van der Waals surface area contributed by atoms with E-state index >= 15 is 0 Å². The molecule has 0 aliphatic carbocycles. The van der Waals surface area contributed by atoms with Crippen molar-refractivity contribution in [1.29, 1.82) is 0 Å². The maximum absolute atomic E-state index is 12.9. The summed E-state index contributed by atoms with van der Waals surface area (Å²) >= 11 is 0. The third-order valence-corrected chi connectivity index (χ3v) is 7.79. The second-order valence-corrected chi connectivity index (χ2v) is 10.3. The topological polar surface area (TPSA) is 127 Å². The number of piperidine rings is 1. The molecular formula is C23H25N5O5S. The van der Waals surface area contributed by atoms with E-state index in [2.05, 4.69) is 10.4 Å². The van der Waals surface area contributed by atoms with E-state index in [1.165, 1.54) is 34.1 Å². The minimum absolute atomic E-state index is 0.00184. The molecular weight excluding hydrogens is 458 g/mol. The molecule has 0 bridgehead atoms. The predicted octanol–water partition coefficient (Wildman–Crippen LogP) is 3.19. The summed E-state index contributed by atoms with van der Waals surface area (Å²) in [7, 11) is -3.78. The lowest BCUT2D eigenvalue weighted by atomic mass is 9.97. The fourth-order valence-electron chi connectivity index (χ4n) is 3.89. The van der Waals surface area contributed by atoms with Crippen LogP contribution in [0.1, 0.15) is 24.0 Å². The number of nitro groups is 1. The van der Waals surface area contributed by atoms with Gasteiger partial charge in [0.15, 0.2) is 0 Å². The maximum Gasteiger partial charge on any atom is 0.269 e. The monoisotopic (exact) mass is 483 g/mol. The Labute approximate surface area is 197 Å². The van der Waals surface area contributed by atoms with Crippen molar-refractivity contribution in [1.82, 2.24) is 14.1 Å². The molecule has 1 saturated heterocycles. The van der Waals surface area contributed by atoms with Gasteiger partial charge in [0, 0.05) is 37.3 Å². The highest BCUT2D eigenvalue weighted by Crippen LogP contribution is 2.26. The standard InChI is InChI=1S/C23H25N5O5S/c1-17-2-4-18(5-3-17)15-26-16-20(14-24-26)25-23(29)19-10-12-27(13-11-19)34(32,33)22-8-6-21(7-9-22)28(30)31/h2-9,14,16,19H,10-13,15H2,1H3,(H,25,29). The van der Waals surface area contributed by atoms with Gasteiger partial charge in [-0.1, -0.05) is 29.8 Å². The molecule has 0 unspecified atom stereocenters. The zero-order valence-corrected chi connectivity index (χ0v) is 19.4. The molecule has 1 N–H and O–H groups in total. The van der Waals surface area contributed by atoms with Gasteiger partial charge in [-0.3, -0.25) is 19.6 Å². The number of aromatic nitrogens is 2. The van der Waals surface area contributed by atoms with E-state index in [9.17, 15) is 23.3 Å². The average molecular weight is 484 g/mol. The highest BCUT2D eigenvalue weighted by Gasteiger charge is 2.32. The first-order chi connectivity index (χ1) is 16.2. The number of sulfonamides is 1. The van der Waals surface area contributed by atoms with E-state index in [-0.39, 0.29) is 35.5 Å². The summed E-state index contributed by atoms with van der Waals surface area (Å²) in [5, 5.41) is 18.0. The van der Waals surface area contributed by atoms with Gasteiger partial charge in [-0.25, -0.2) is 8.42 Å². The van der Waals surface area contributed by atoms with Gasteiger partial charge in [-0.05, 0) is 37.5 Å². The summed E-state index contributed by atoms with van der Waals surface area (Å²) in [5.41, 5.74) is 2.71. The van der Waals surface area contributed by atoms with Crippen LogP contribution < -0.4 is 5.32 Å². The first-order valence-electron chi connectivity index (χ1n) is 10.9. The summed E-state index contributed by atoms with van der Waals surface area (Å²) in [5.74, 6) is -0.481. The minimum atomic E-state index is -3.78. The first kappa shape index (κ1) is 23.6. The maximum atomic E-state index is 12.9. The van der Waals surface area contributed by atoms with Crippen LogP contribution in [0.2, 0.25) is 0 Å². The summed E-state index contributed by atoms with van der Waals surface area (Å²) in [6, 6.07) is 13.0. The molecule has 2 aromatic carbocycles. The summed E-state index contributed by atoms with van der Waals surface area (Å²) in [4.78, 5) is 22.9. The van der Waals surface area contributed by atoms with Crippen molar-refractivity contribution in [2.45, 2.75) is 31.2 Å². The molecule has 2 heterocycles. The zero-order valence-electron chi connectivity index (χ0n) is 18.6. The Morgan fingerprint density at radius 2 is 1.76 bits per heavy atom. The van der Waals surface area contributed by atoms with Gasteiger partial charge in [-0.2, -0.15) is 9.40 Å². The molecule has 178 valence electrons. The molecule has 1 aliphatic heterocycles. The Morgan fingerprint density at radius 3 is 2.38 bits per heavy atom. The third kappa shape index (κ3) is 5.32. The van der Waals surface area contributed by atoms with Gasteiger partial charge in [0.1, 0.15) is 0 Å². The van der Waals surface area contributed by atoms with Gasteiger partial charge in [-0.15, -0.1) is 0 Å². The zero-order chi connectivity index (χ0) is 24.3.